The van der Waals surface area contributed by atoms with Crippen LogP contribution in [0.15, 0.2) is 24.3 Å². The molecule has 0 aliphatic heterocycles. The highest BCUT2D eigenvalue weighted by atomic mass is 16.1. The van der Waals surface area contributed by atoms with Gasteiger partial charge in [0.05, 0.1) is 0 Å². The Morgan fingerprint density at radius 1 is 1.41 bits per heavy atom. The number of Topliss-reactive ketones (excluding diaryl/α,β-unsaturated/α-hetero) is 1. The van der Waals surface area contributed by atoms with E-state index in [-0.39, 0.29) is 17.6 Å². The molecule has 2 rings (SSSR count). The average Bonchev–Trinajstić information content (AvgIpc) is 2.82. The molecule has 0 aromatic rings. The van der Waals surface area contributed by atoms with Crippen molar-refractivity contribution in [2.75, 3.05) is 0 Å². The number of carbonyl (C=O) groups excluding carboxylic acids is 2. The summed E-state index contributed by atoms with van der Waals surface area (Å²) < 4.78 is 0. The Kier molecular flexibility index (Phi) is 3.93. The van der Waals surface area contributed by atoms with E-state index in [1.54, 1.807) is 6.08 Å². The second-order valence-corrected chi connectivity index (χ2v) is 5.10. The lowest BCUT2D eigenvalue weighted by Gasteiger charge is -2.07. The first-order valence-electron chi connectivity index (χ1n) is 6.64. The van der Waals surface area contributed by atoms with E-state index in [9.17, 15) is 9.59 Å². The number of hydrogen-bond donors (Lipinski definition) is 0. The zero-order valence-corrected chi connectivity index (χ0v) is 10.4. The Balaban J connectivity index is 1.82. The van der Waals surface area contributed by atoms with Gasteiger partial charge >= 0.3 is 0 Å². The van der Waals surface area contributed by atoms with Gasteiger partial charge in [-0.25, -0.2) is 0 Å². The molecule has 0 aromatic carbocycles. The van der Waals surface area contributed by atoms with Crippen molar-refractivity contribution < 1.29 is 9.59 Å². The van der Waals surface area contributed by atoms with Crippen molar-refractivity contribution in [2.45, 2.75) is 39.0 Å². The minimum Gasteiger partial charge on any atom is -0.299 e. The molecule has 0 radical (unpaired) electrons. The van der Waals surface area contributed by atoms with E-state index < -0.39 is 0 Å². The molecule has 3 atom stereocenters. The Bertz CT molecular complexity index is 365. The molecule has 92 valence electrons. The third-order valence-electron chi connectivity index (χ3n) is 3.81. The first kappa shape index (κ1) is 12.3. The van der Waals surface area contributed by atoms with Gasteiger partial charge < -0.3 is 0 Å². The normalized spacial score (nSPS) is 30.6. The third kappa shape index (κ3) is 2.74. The molecule has 0 spiro atoms. The maximum atomic E-state index is 11.6. The van der Waals surface area contributed by atoms with Crippen LogP contribution in [0.1, 0.15) is 39.0 Å². The van der Waals surface area contributed by atoms with Crippen LogP contribution in [0, 0.1) is 17.8 Å². The maximum Gasteiger partial charge on any atom is 0.155 e. The summed E-state index contributed by atoms with van der Waals surface area (Å²) in [5.41, 5.74) is 0. The molecule has 17 heavy (non-hydrogen) atoms. The lowest BCUT2D eigenvalue weighted by Crippen LogP contribution is -2.08. The molecule has 3 unspecified atom stereocenters. The Morgan fingerprint density at radius 2 is 2.24 bits per heavy atom. The van der Waals surface area contributed by atoms with Gasteiger partial charge in [0.1, 0.15) is 5.78 Å². The molecule has 2 aliphatic carbocycles. The topological polar surface area (TPSA) is 34.1 Å². The Labute approximate surface area is 103 Å². The number of carbonyl (C=O) groups is 2. The molecule has 0 saturated heterocycles. The monoisotopic (exact) mass is 232 g/mol. The van der Waals surface area contributed by atoms with Gasteiger partial charge in [-0.05, 0) is 24.3 Å². The number of ketones is 2. The molecule has 2 heteroatoms. The molecule has 2 nitrogen and oxygen atoms in total. The van der Waals surface area contributed by atoms with Gasteiger partial charge in [-0.2, -0.15) is 0 Å². The molecule has 0 heterocycles. The number of allylic oxidation sites excluding steroid dienone is 4. The summed E-state index contributed by atoms with van der Waals surface area (Å²) in [4.78, 5) is 23.1. The smallest absolute Gasteiger partial charge is 0.155 e. The second-order valence-electron chi connectivity index (χ2n) is 5.10. The molecule has 0 N–H and O–H groups in total. The van der Waals surface area contributed by atoms with Crippen molar-refractivity contribution in [3.8, 4) is 0 Å². The number of hydrogen-bond acceptors (Lipinski definition) is 2. The summed E-state index contributed by atoms with van der Waals surface area (Å²) in [5, 5.41) is 0. The van der Waals surface area contributed by atoms with Crippen LogP contribution in [0.2, 0.25) is 0 Å². The number of fused-ring (bicyclic) bond motifs is 2. The molecule has 2 aliphatic rings. The van der Waals surface area contributed by atoms with Crippen LogP contribution in [-0.2, 0) is 9.59 Å². The highest BCUT2D eigenvalue weighted by molar-refractivity contribution is 5.91. The van der Waals surface area contributed by atoms with Crippen LogP contribution in [0.4, 0.5) is 0 Å². The largest absolute Gasteiger partial charge is 0.299 e. The van der Waals surface area contributed by atoms with Gasteiger partial charge in [-0.15, -0.1) is 0 Å². The van der Waals surface area contributed by atoms with E-state index in [1.807, 2.05) is 12.2 Å². The fourth-order valence-corrected chi connectivity index (χ4v) is 2.79. The summed E-state index contributed by atoms with van der Waals surface area (Å²) in [6, 6.07) is 0. The predicted octanol–water partition coefficient (Wildman–Crippen LogP) is 3.08. The second kappa shape index (κ2) is 5.44. The van der Waals surface area contributed by atoms with Gasteiger partial charge in [-0.1, -0.05) is 38.0 Å². The minimum absolute atomic E-state index is 0.0553. The lowest BCUT2D eigenvalue weighted by atomic mass is 9.95. The summed E-state index contributed by atoms with van der Waals surface area (Å²) >= 11 is 0. The molecule has 1 fully saturated rings. The zero-order chi connectivity index (χ0) is 12.3. The Hall–Kier alpha value is -1.18. The summed E-state index contributed by atoms with van der Waals surface area (Å²) in [6.07, 6.45) is 12.4. The van der Waals surface area contributed by atoms with E-state index in [1.165, 1.54) is 0 Å². The van der Waals surface area contributed by atoms with Crippen LogP contribution in [0.3, 0.4) is 0 Å². The Morgan fingerprint density at radius 3 is 2.82 bits per heavy atom. The first-order chi connectivity index (χ1) is 8.22. The van der Waals surface area contributed by atoms with Crippen molar-refractivity contribution in [2.24, 2.45) is 17.8 Å². The van der Waals surface area contributed by atoms with Crippen LogP contribution >= 0.6 is 0 Å². The zero-order valence-electron chi connectivity index (χ0n) is 10.4. The molecule has 1 saturated carbocycles. The van der Waals surface area contributed by atoms with Crippen molar-refractivity contribution in [3.05, 3.63) is 24.3 Å². The van der Waals surface area contributed by atoms with Crippen LogP contribution in [-0.4, -0.2) is 11.6 Å². The number of unbranched alkanes of at least 4 members (excludes halogenated alkanes) is 2. The van der Waals surface area contributed by atoms with Crippen molar-refractivity contribution >= 4 is 11.6 Å². The fourth-order valence-electron chi connectivity index (χ4n) is 2.79. The molecular weight excluding hydrogens is 212 g/mol. The molecular formula is C15H20O2. The van der Waals surface area contributed by atoms with Gasteiger partial charge in [0.15, 0.2) is 5.78 Å². The van der Waals surface area contributed by atoms with Gasteiger partial charge in [-0.3, -0.25) is 9.59 Å². The molecule has 0 aromatic heterocycles. The highest BCUT2D eigenvalue weighted by Gasteiger charge is 2.42. The van der Waals surface area contributed by atoms with Gasteiger partial charge in [0.25, 0.3) is 0 Å². The van der Waals surface area contributed by atoms with Gasteiger partial charge in [0, 0.05) is 18.8 Å². The first-order valence-corrected chi connectivity index (χ1v) is 6.64. The summed E-state index contributed by atoms with van der Waals surface area (Å²) in [6.45, 7) is 2.13. The van der Waals surface area contributed by atoms with E-state index >= 15 is 0 Å². The summed E-state index contributed by atoms with van der Waals surface area (Å²) in [7, 11) is 0. The number of rotatable bonds is 6. The van der Waals surface area contributed by atoms with E-state index in [4.69, 9.17) is 0 Å². The average molecular weight is 232 g/mol. The quantitative estimate of drug-likeness (QED) is 0.400. The van der Waals surface area contributed by atoms with Crippen LogP contribution in [0.5, 0.6) is 0 Å². The van der Waals surface area contributed by atoms with Crippen LogP contribution < -0.4 is 0 Å². The van der Waals surface area contributed by atoms with Crippen molar-refractivity contribution in [1.82, 2.24) is 0 Å². The van der Waals surface area contributed by atoms with Crippen LogP contribution in [0.25, 0.3) is 0 Å². The summed E-state index contributed by atoms with van der Waals surface area (Å²) in [5.74, 6) is 1.22. The highest BCUT2D eigenvalue weighted by Crippen LogP contribution is 2.42. The minimum atomic E-state index is 0.0553. The SMILES string of the molecule is CCCCCC(=O)C=CC1C2C=CC1C(=O)C2. The van der Waals surface area contributed by atoms with Crippen molar-refractivity contribution in [3.63, 3.8) is 0 Å². The lowest BCUT2D eigenvalue weighted by molar-refractivity contribution is -0.120. The standard InChI is InChI=1S/C15H20O2/c1-2-3-4-5-12(16)7-9-13-11-6-8-14(13)15(17)10-11/h6-9,11,13-14H,2-5,10H2,1H3. The predicted molar refractivity (Wildman–Crippen MR) is 67.5 cm³/mol. The maximum absolute atomic E-state index is 11.6. The van der Waals surface area contributed by atoms with E-state index in [2.05, 4.69) is 13.0 Å². The molecule has 2 bridgehead atoms. The molecule has 0 amide bonds. The van der Waals surface area contributed by atoms with E-state index in [0.29, 0.717) is 24.5 Å². The fraction of sp³-hybridized carbons (Fsp3) is 0.600. The third-order valence-corrected chi connectivity index (χ3v) is 3.81. The van der Waals surface area contributed by atoms with E-state index in [0.717, 1.165) is 19.3 Å². The van der Waals surface area contributed by atoms with Crippen molar-refractivity contribution in [1.29, 1.82) is 0 Å². The van der Waals surface area contributed by atoms with Gasteiger partial charge in [0.2, 0.25) is 0 Å².